The molecule has 1 saturated heterocycles. The number of ketones is 1. The van der Waals surface area contributed by atoms with E-state index in [0.29, 0.717) is 70.3 Å². The van der Waals surface area contributed by atoms with Crippen LogP contribution in [0.5, 0.6) is 17.2 Å². The molecular weight excluding hydrogens is 592 g/mol. The molecule has 0 bridgehead atoms. The number of carbonyl (C=O) groups is 2. The summed E-state index contributed by atoms with van der Waals surface area (Å²) in [6, 6.07) is 15.3. The van der Waals surface area contributed by atoms with Crippen LogP contribution < -0.4 is 19.1 Å². The molecule has 45 heavy (non-hydrogen) atoms. The maximum Gasteiger partial charge on any atom is 0.301 e. The number of amides is 1. The van der Waals surface area contributed by atoms with E-state index in [0.717, 1.165) is 17.5 Å². The quantitative estimate of drug-likeness (QED) is 0.0732. The Balaban J connectivity index is 1.55. The van der Waals surface area contributed by atoms with Crippen LogP contribution in [0.4, 0.5) is 5.13 Å². The topological polar surface area (TPSA) is 115 Å². The highest BCUT2D eigenvalue weighted by atomic mass is 32.1. The van der Waals surface area contributed by atoms with Gasteiger partial charge in [0.2, 0.25) is 0 Å². The molecule has 11 heteroatoms. The van der Waals surface area contributed by atoms with E-state index in [1.54, 1.807) is 35.7 Å². The molecule has 0 radical (unpaired) electrons. The predicted molar refractivity (Wildman–Crippen MR) is 174 cm³/mol. The number of hydrogen-bond acceptors (Lipinski definition) is 9. The average molecular weight is 627 g/mol. The molecule has 0 spiro atoms. The minimum absolute atomic E-state index is 0.0647. The first kappa shape index (κ1) is 30.1. The van der Waals surface area contributed by atoms with Crippen molar-refractivity contribution in [3.8, 4) is 17.2 Å². The van der Waals surface area contributed by atoms with Gasteiger partial charge in [0.1, 0.15) is 17.1 Å². The smallest absolute Gasteiger partial charge is 0.301 e. The maximum absolute atomic E-state index is 13.9. The molecule has 4 heterocycles. The number of aromatic nitrogens is 3. The van der Waals surface area contributed by atoms with Crippen LogP contribution in [0.25, 0.3) is 21.6 Å². The normalized spacial score (nSPS) is 16.2. The van der Waals surface area contributed by atoms with Crippen LogP contribution in [-0.2, 0) is 9.59 Å². The number of pyridine rings is 1. The second-order valence-electron chi connectivity index (χ2n) is 10.5. The fourth-order valence-corrected chi connectivity index (χ4v) is 6.55. The lowest BCUT2D eigenvalue weighted by Crippen LogP contribution is -2.29. The largest absolute Gasteiger partial charge is 0.505 e. The summed E-state index contributed by atoms with van der Waals surface area (Å²) in [5, 5.41) is 12.2. The minimum atomic E-state index is -1.01. The van der Waals surface area contributed by atoms with Crippen molar-refractivity contribution in [1.82, 2.24) is 14.4 Å². The van der Waals surface area contributed by atoms with Crippen LogP contribution in [0.1, 0.15) is 56.6 Å². The summed E-state index contributed by atoms with van der Waals surface area (Å²) < 4.78 is 20.1. The lowest BCUT2D eigenvalue weighted by atomic mass is 9.96. The first-order chi connectivity index (χ1) is 21.9. The number of fused-ring (bicyclic) bond motifs is 2. The van der Waals surface area contributed by atoms with Gasteiger partial charge >= 0.3 is 5.91 Å². The number of ether oxygens (including phenoxy) is 3. The number of hydrogen-bond donors (Lipinski definition) is 1. The van der Waals surface area contributed by atoms with Crippen molar-refractivity contribution in [3.63, 3.8) is 0 Å². The molecular formula is C34H34N4O6S. The van der Waals surface area contributed by atoms with E-state index in [-0.39, 0.29) is 11.3 Å². The molecule has 1 fully saturated rings. The van der Waals surface area contributed by atoms with Crippen molar-refractivity contribution in [2.45, 2.75) is 46.6 Å². The van der Waals surface area contributed by atoms with Gasteiger partial charge in [-0.2, -0.15) is 0 Å². The van der Waals surface area contributed by atoms with Gasteiger partial charge in [0.15, 0.2) is 22.4 Å². The van der Waals surface area contributed by atoms with E-state index < -0.39 is 17.7 Å². The highest BCUT2D eigenvalue weighted by Gasteiger charge is 2.49. The molecule has 1 unspecified atom stereocenters. The fourth-order valence-electron chi connectivity index (χ4n) is 5.53. The number of anilines is 1. The number of carbonyl (C=O) groups excluding carboxylic acids is 2. The Kier molecular flexibility index (Phi) is 8.44. The van der Waals surface area contributed by atoms with Crippen LogP contribution in [0.2, 0.25) is 0 Å². The molecule has 6 rings (SSSR count). The van der Waals surface area contributed by atoms with Crippen molar-refractivity contribution in [2.24, 2.45) is 0 Å². The van der Waals surface area contributed by atoms with Crippen molar-refractivity contribution >= 4 is 49.8 Å². The Bertz CT molecular complexity index is 1940. The Morgan fingerprint density at radius 1 is 0.956 bits per heavy atom. The molecule has 0 saturated carbocycles. The summed E-state index contributed by atoms with van der Waals surface area (Å²) in [7, 11) is 0. The number of aryl methyl sites for hydroxylation is 1. The average Bonchev–Trinajstić information content (AvgIpc) is 3.68. The fraction of sp³-hybridized carbons (Fsp3) is 0.294. The number of Topliss-reactive ketones (excluding diaryl/α,β-unsaturated/α-hetero) is 1. The molecule has 1 aliphatic heterocycles. The van der Waals surface area contributed by atoms with Gasteiger partial charge in [0.25, 0.3) is 5.78 Å². The monoisotopic (exact) mass is 626 g/mol. The second kappa shape index (κ2) is 12.6. The lowest BCUT2D eigenvalue weighted by molar-refractivity contribution is -0.132. The molecule has 5 aromatic rings. The van der Waals surface area contributed by atoms with E-state index in [2.05, 4.69) is 11.9 Å². The van der Waals surface area contributed by atoms with E-state index in [1.165, 1.54) is 16.2 Å². The number of unbranched alkanes of at least 4 members (excludes halogenated alkanes) is 1. The number of aliphatic hydroxyl groups excluding tert-OH is 1. The van der Waals surface area contributed by atoms with Gasteiger partial charge in [0, 0.05) is 6.20 Å². The van der Waals surface area contributed by atoms with Gasteiger partial charge < -0.3 is 19.3 Å². The molecule has 10 nitrogen and oxygen atoms in total. The second-order valence-corrected chi connectivity index (χ2v) is 11.6. The van der Waals surface area contributed by atoms with Gasteiger partial charge in [-0.1, -0.05) is 36.8 Å². The lowest BCUT2D eigenvalue weighted by Gasteiger charge is -2.24. The minimum Gasteiger partial charge on any atom is -0.505 e. The highest BCUT2D eigenvalue weighted by Crippen LogP contribution is 2.46. The number of rotatable bonds is 11. The first-order valence-electron chi connectivity index (χ1n) is 15.0. The van der Waals surface area contributed by atoms with Crippen molar-refractivity contribution in [1.29, 1.82) is 0 Å². The summed E-state index contributed by atoms with van der Waals surface area (Å²) >= 11 is 1.27. The zero-order chi connectivity index (χ0) is 31.7. The molecule has 1 aliphatic rings. The number of nitrogens with zero attached hydrogens (tertiary/aromatic N) is 4. The number of benzene rings is 2. The van der Waals surface area contributed by atoms with Crippen molar-refractivity contribution in [2.75, 3.05) is 24.7 Å². The third-order valence-corrected chi connectivity index (χ3v) is 8.59. The van der Waals surface area contributed by atoms with Crippen molar-refractivity contribution < 1.29 is 28.9 Å². The third-order valence-electron chi connectivity index (χ3n) is 7.58. The molecule has 0 aliphatic carbocycles. The SMILES string of the molecule is CCCCOc1ccc(C2/C(=C(\O)c3c(C)nc4ccccn34)C(=O)C(=O)N2c2nc3ccc(OCC)cc3s2)cc1OCC. The molecule has 2 aromatic carbocycles. The van der Waals surface area contributed by atoms with E-state index in [9.17, 15) is 14.7 Å². The van der Waals surface area contributed by atoms with Crippen LogP contribution in [0.15, 0.2) is 66.4 Å². The molecule has 3 aromatic heterocycles. The van der Waals surface area contributed by atoms with E-state index in [4.69, 9.17) is 19.2 Å². The Hall–Kier alpha value is -4.90. The van der Waals surface area contributed by atoms with Gasteiger partial charge in [-0.25, -0.2) is 9.97 Å². The third kappa shape index (κ3) is 5.48. The van der Waals surface area contributed by atoms with Gasteiger partial charge in [-0.15, -0.1) is 0 Å². The van der Waals surface area contributed by atoms with Gasteiger partial charge in [-0.3, -0.25) is 18.9 Å². The predicted octanol–water partition coefficient (Wildman–Crippen LogP) is 6.86. The van der Waals surface area contributed by atoms with Crippen LogP contribution >= 0.6 is 11.3 Å². The summed E-state index contributed by atoms with van der Waals surface area (Å²) in [5.74, 6) is -0.211. The molecule has 1 N–H and O–H groups in total. The maximum atomic E-state index is 13.9. The van der Waals surface area contributed by atoms with Crippen LogP contribution in [-0.4, -0.2) is 51.0 Å². The summed E-state index contributed by atoms with van der Waals surface area (Å²) in [4.78, 5) is 38.5. The highest BCUT2D eigenvalue weighted by molar-refractivity contribution is 7.22. The molecule has 232 valence electrons. The van der Waals surface area contributed by atoms with Crippen LogP contribution in [0.3, 0.4) is 0 Å². The number of aliphatic hydroxyl groups is 1. The number of imidazole rings is 1. The zero-order valence-electron chi connectivity index (χ0n) is 25.6. The molecule has 1 amide bonds. The standard InChI is InChI=1S/C34H34N4O6S/c1-5-8-17-44-24-15-12-21(18-25(24)43-7-3)30-28(31(39)29-20(4)35-27-11-9-10-16-37(27)29)32(40)33(41)38(30)34-36-23-14-13-22(42-6-2)19-26(23)45-34/h9-16,18-19,30,39H,5-8,17H2,1-4H3/b31-28+. The van der Waals surface area contributed by atoms with Gasteiger partial charge in [0.05, 0.1) is 47.3 Å². The summed E-state index contributed by atoms with van der Waals surface area (Å²) in [5.41, 5.74) is 2.61. The first-order valence-corrected chi connectivity index (χ1v) is 15.9. The van der Waals surface area contributed by atoms with E-state index >= 15 is 0 Å². The summed E-state index contributed by atoms with van der Waals surface area (Å²) in [6.07, 6.45) is 3.62. The van der Waals surface area contributed by atoms with Crippen LogP contribution in [0, 0.1) is 6.92 Å². The Morgan fingerprint density at radius 2 is 1.78 bits per heavy atom. The summed E-state index contributed by atoms with van der Waals surface area (Å²) in [6.45, 7) is 9.04. The Morgan fingerprint density at radius 3 is 2.56 bits per heavy atom. The Labute approximate surface area is 264 Å². The molecule has 1 atom stereocenters. The number of thiazole rings is 1. The van der Waals surface area contributed by atoms with Crippen molar-refractivity contribution in [3.05, 3.63) is 83.3 Å². The zero-order valence-corrected chi connectivity index (χ0v) is 26.4. The van der Waals surface area contributed by atoms with Gasteiger partial charge in [-0.05, 0) is 75.2 Å². The van der Waals surface area contributed by atoms with E-state index in [1.807, 2.05) is 50.2 Å².